The van der Waals surface area contributed by atoms with Gasteiger partial charge in [0.05, 0.1) is 11.9 Å². The fourth-order valence-corrected chi connectivity index (χ4v) is 3.13. The molecule has 1 fully saturated rings. The van der Waals surface area contributed by atoms with Crippen molar-refractivity contribution in [2.24, 2.45) is 5.41 Å². The van der Waals surface area contributed by atoms with Gasteiger partial charge in [0.1, 0.15) is 0 Å². The van der Waals surface area contributed by atoms with E-state index < -0.39 is 0 Å². The van der Waals surface area contributed by atoms with Gasteiger partial charge in [0.15, 0.2) is 0 Å². The number of aryl methyl sites for hydroxylation is 1. The summed E-state index contributed by atoms with van der Waals surface area (Å²) in [6.07, 6.45) is 0.370. The third-order valence-corrected chi connectivity index (χ3v) is 5.18. The molecule has 2 rings (SSSR count). The summed E-state index contributed by atoms with van der Waals surface area (Å²) in [6, 6.07) is 8.49. The van der Waals surface area contributed by atoms with Crippen LogP contribution in [0.4, 0.5) is 0 Å². The van der Waals surface area contributed by atoms with Gasteiger partial charge in [-0.3, -0.25) is 4.79 Å². The Balaban J connectivity index is 1.70. The second-order valence-electron chi connectivity index (χ2n) is 6.17. The van der Waals surface area contributed by atoms with E-state index in [1.165, 1.54) is 11.1 Å². The molecule has 1 aliphatic rings. The van der Waals surface area contributed by atoms with Gasteiger partial charge < -0.3 is 10.4 Å². The highest BCUT2D eigenvalue weighted by molar-refractivity contribution is 7.99. The molecule has 0 aromatic heterocycles. The topological polar surface area (TPSA) is 49.3 Å². The molecule has 2 N–H and O–H groups in total. The first-order valence-corrected chi connectivity index (χ1v) is 8.16. The fourth-order valence-electron chi connectivity index (χ4n) is 2.33. The summed E-state index contributed by atoms with van der Waals surface area (Å²) in [7, 11) is 0. The number of thioether (sulfide) groups is 1. The summed E-state index contributed by atoms with van der Waals surface area (Å²) < 4.78 is 0. The summed E-state index contributed by atoms with van der Waals surface area (Å²) in [6.45, 7) is 6.05. The molecule has 1 aromatic carbocycles. The number of amides is 1. The molecule has 0 aliphatic heterocycles. The monoisotopic (exact) mass is 293 g/mol. The summed E-state index contributed by atoms with van der Waals surface area (Å²) in [5, 5.41) is 12.7. The normalized spacial score (nSPS) is 24.0. The number of carbonyl (C=O) groups excluding carboxylic acids is 1. The Bertz CT molecular complexity index is 470. The van der Waals surface area contributed by atoms with E-state index >= 15 is 0 Å². The zero-order chi connectivity index (χ0) is 14.8. The molecule has 1 aromatic rings. The van der Waals surface area contributed by atoms with Crippen LogP contribution in [0.15, 0.2) is 24.3 Å². The van der Waals surface area contributed by atoms with Crippen LogP contribution in [0.25, 0.3) is 0 Å². The summed E-state index contributed by atoms with van der Waals surface area (Å²) in [5.41, 5.74) is 2.30. The number of nitrogens with one attached hydrogen (secondary N) is 1. The van der Waals surface area contributed by atoms with Crippen LogP contribution in [0.3, 0.4) is 0 Å². The summed E-state index contributed by atoms with van der Waals surface area (Å²) >= 11 is 1.62. The molecule has 4 heteroatoms. The minimum absolute atomic E-state index is 0.0621. The molecular formula is C16H23NO2S. The molecule has 2 atom stereocenters. The third kappa shape index (κ3) is 3.55. The van der Waals surface area contributed by atoms with Crippen LogP contribution in [-0.2, 0) is 10.5 Å². The highest BCUT2D eigenvalue weighted by Gasteiger charge is 2.47. The minimum Gasteiger partial charge on any atom is -0.392 e. The number of benzene rings is 1. The maximum absolute atomic E-state index is 11.9. The van der Waals surface area contributed by atoms with Crippen LogP contribution in [-0.4, -0.2) is 28.9 Å². The van der Waals surface area contributed by atoms with Gasteiger partial charge >= 0.3 is 0 Å². The van der Waals surface area contributed by atoms with Crippen LogP contribution in [0.1, 0.15) is 31.4 Å². The van der Waals surface area contributed by atoms with Gasteiger partial charge in [-0.1, -0.05) is 43.7 Å². The van der Waals surface area contributed by atoms with Crippen LogP contribution in [0.5, 0.6) is 0 Å². The maximum atomic E-state index is 11.9. The number of aliphatic hydroxyl groups excluding tert-OH is 1. The molecule has 0 spiro atoms. The zero-order valence-electron chi connectivity index (χ0n) is 12.3. The number of aliphatic hydroxyl groups is 1. The quantitative estimate of drug-likeness (QED) is 0.877. The van der Waals surface area contributed by atoms with Gasteiger partial charge in [-0.2, -0.15) is 0 Å². The molecule has 1 aliphatic carbocycles. The van der Waals surface area contributed by atoms with Crippen LogP contribution in [0.2, 0.25) is 0 Å². The lowest BCUT2D eigenvalue weighted by molar-refractivity contribution is -0.126. The van der Waals surface area contributed by atoms with Gasteiger partial charge in [0, 0.05) is 17.2 Å². The van der Waals surface area contributed by atoms with Crippen LogP contribution >= 0.6 is 11.8 Å². The lowest BCUT2D eigenvalue weighted by Gasteiger charge is -2.49. The van der Waals surface area contributed by atoms with Crippen molar-refractivity contribution in [1.29, 1.82) is 0 Å². The summed E-state index contributed by atoms with van der Waals surface area (Å²) in [4.78, 5) is 11.9. The van der Waals surface area contributed by atoms with Crippen LogP contribution < -0.4 is 5.32 Å². The predicted octanol–water partition coefficient (Wildman–Crippen LogP) is 2.50. The summed E-state index contributed by atoms with van der Waals surface area (Å²) in [5.74, 6) is 1.38. The van der Waals surface area contributed by atoms with Gasteiger partial charge in [-0.25, -0.2) is 0 Å². The smallest absolute Gasteiger partial charge is 0.230 e. The van der Waals surface area contributed by atoms with E-state index in [1.807, 2.05) is 13.8 Å². The van der Waals surface area contributed by atoms with Crippen molar-refractivity contribution in [1.82, 2.24) is 5.32 Å². The number of carbonyl (C=O) groups is 1. The van der Waals surface area contributed by atoms with E-state index in [0.29, 0.717) is 12.2 Å². The van der Waals surface area contributed by atoms with Crippen molar-refractivity contribution in [2.45, 2.75) is 45.1 Å². The molecule has 20 heavy (non-hydrogen) atoms. The fraction of sp³-hybridized carbons (Fsp3) is 0.562. The second-order valence-corrected chi connectivity index (χ2v) is 7.16. The average molecular weight is 293 g/mol. The Kier molecular flexibility index (Phi) is 4.76. The van der Waals surface area contributed by atoms with E-state index in [-0.39, 0.29) is 23.5 Å². The van der Waals surface area contributed by atoms with Gasteiger partial charge in [-0.15, -0.1) is 11.8 Å². The zero-order valence-corrected chi connectivity index (χ0v) is 13.2. The molecule has 2 unspecified atom stereocenters. The first kappa shape index (κ1) is 15.4. The van der Waals surface area contributed by atoms with Crippen LogP contribution in [0, 0.1) is 12.3 Å². The molecule has 0 saturated heterocycles. The van der Waals surface area contributed by atoms with Crippen molar-refractivity contribution >= 4 is 17.7 Å². The van der Waals surface area contributed by atoms with E-state index in [0.717, 1.165) is 5.75 Å². The SMILES string of the molecule is Cc1ccc(CSCC(=O)NC2CC(O)C2(C)C)cc1. The van der Waals surface area contributed by atoms with E-state index in [2.05, 4.69) is 36.5 Å². The molecule has 0 heterocycles. The highest BCUT2D eigenvalue weighted by Crippen LogP contribution is 2.40. The Morgan fingerprint density at radius 1 is 1.40 bits per heavy atom. The highest BCUT2D eigenvalue weighted by atomic mass is 32.2. The average Bonchev–Trinajstić information content (AvgIpc) is 2.41. The first-order chi connectivity index (χ1) is 9.39. The van der Waals surface area contributed by atoms with Crippen molar-refractivity contribution in [2.75, 3.05) is 5.75 Å². The van der Waals surface area contributed by atoms with Gasteiger partial charge in [0.2, 0.25) is 5.91 Å². The Morgan fingerprint density at radius 2 is 2.05 bits per heavy atom. The Hall–Kier alpha value is -1.00. The molecule has 3 nitrogen and oxygen atoms in total. The first-order valence-electron chi connectivity index (χ1n) is 7.00. The van der Waals surface area contributed by atoms with Crippen molar-refractivity contribution < 1.29 is 9.90 Å². The molecule has 110 valence electrons. The minimum atomic E-state index is -0.298. The van der Waals surface area contributed by atoms with Gasteiger partial charge in [-0.05, 0) is 18.9 Å². The molecule has 1 saturated carbocycles. The number of hydrogen-bond acceptors (Lipinski definition) is 3. The lowest BCUT2D eigenvalue weighted by atomic mass is 9.64. The predicted molar refractivity (Wildman–Crippen MR) is 83.7 cm³/mol. The third-order valence-electron chi connectivity index (χ3n) is 4.17. The van der Waals surface area contributed by atoms with E-state index in [4.69, 9.17) is 0 Å². The second kappa shape index (κ2) is 6.19. The van der Waals surface area contributed by atoms with Crippen molar-refractivity contribution in [3.63, 3.8) is 0 Å². The van der Waals surface area contributed by atoms with Crippen molar-refractivity contribution in [3.8, 4) is 0 Å². The van der Waals surface area contributed by atoms with E-state index in [1.54, 1.807) is 11.8 Å². The molecule has 0 bridgehead atoms. The van der Waals surface area contributed by atoms with Gasteiger partial charge in [0.25, 0.3) is 0 Å². The Labute approximate surface area is 125 Å². The van der Waals surface area contributed by atoms with Crippen molar-refractivity contribution in [3.05, 3.63) is 35.4 Å². The molecule has 0 radical (unpaired) electrons. The number of rotatable bonds is 5. The maximum Gasteiger partial charge on any atom is 0.230 e. The standard InChI is InChI=1S/C16H23NO2S/c1-11-4-6-12(7-5-11)9-20-10-15(19)17-13-8-14(18)16(13,2)3/h4-7,13-14,18H,8-10H2,1-3H3,(H,17,19). The lowest BCUT2D eigenvalue weighted by Crippen LogP contribution is -2.61. The Morgan fingerprint density at radius 3 is 2.60 bits per heavy atom. The molecule has 1 amide bonds. The van der Waals surface area contributed by atoms with E-state index in [9.17, 15) is 9.90 Å². The molecular weight excluding hydrogens is 270 g/mol. The number of hydrogen-bond donors (Lipinski definition) is 2. The largest absolute Gasteiger partial charge is 0.392 e.